The normalized spacial score (nSPS) is 12.1. The third kappa shape index (κ3) is 4.29. The van der Waals surface area contributed by atoms with Crippen molar-refractivity contribution in [2.24, 2.45) is 0 Å². The number of aryl methyl sites for hydroxylation is 1. The van der Waals surface area contributed by atoms with Crippen LogP contribution in [0.4, 0.5) is 0 Å². The van der Waals surface area contributed by atoms with Gasteiger partial charge in [-0.15, -0.1) is 5.10 Å². The average Bonchev–Trinajstić information content (AvgIpc) is 2.90. The number of hydrogen-bond acceptors (Lipinski definition) is 3. The first-order valence-corrected chi connectivity index (χ1v) is 7.43. The van der Waals surface area contributed by atoms with E-state index in [1.807, 2.05) is 38.1 Å². The Balaban J connectivity index is 1.94. The second-order valence-corrected chi connectivity index (χ2v) is 5.43. The van der Waals surface area contributed by atoms with E-state index >= 15 is 0 Å². The Labute approximate surface area is 129 Å². The second-order valence-electron chi connectivity index (χ2n) is 5.03. The van der Waals surface area contributed by atoms with Gasteiger partial charge in [-0.2, -0.15) is 0 Å². The lowest BCUT2D eigenvalue weighted by atomic mass is 10.1. The molecule has 1 heterocycles. The summed E-state index contributed by atoms with van der Waals surface area (Å²) in [6.07, 6.45) is 2.41. The van der Waals surface area contributed by atoms with E-state index in [4.69, 9.17) is 11.6 Å². The van der Waals surface area contributed by atoms with Crippen LogP contribution in [0.2, 0.25) is 5.02 Å². The first-order valence-electron chi connectivity index (χ1n) is 7.05. The van der Waals surface area contributed by atoms with Gasteiger partial charge in [0.25, 0.3) is 5.91 Å². The maximum Gasteiger partial charge on any atom is 0.291 e. The maximum absolute atomic E-state index is 12.1. The molecule has 6 heteroatoms. The number of nitrogens with one attached hydrogen (secondary N) is 2. The minimum absolute atomic E-state index is 0.0504. The summed E-state index contributed by atoms with van der Waals surface area (Å²) >= 11 is 6.12. The van der Waals surface area contributed by atoms with Crippen LogP contribution in [0.15, 0.2) is 24.3 Å². The minimum Gasteiger partial charge on any atom is -0.346 e. The van der Waals surface area contributed by atoms with Crippen LogP contribution in [0, 0.1) is 0 Å². The average molecular weight is 307 g/mol. The lowest BCUT2D eigenvalue weighted by molar-refractivity contribution is 0.0930. The molecule has 5 nitrogen and oxygen atoms in total. The summed E-state index contributed by atoms with van der Waals surface area (Å²) in [4.78, 5) is 16.2. The van der Waals surface area contributed by atoms with Gasteiger partial charge in [0.2, 0.25) is 5.82 Å². The summed E-state index contributed by atoms with van der Waals surface area (Å²) in [7, 11) is 0. The highest BCUT2D eigenvalue weighted by Crippen LogP contribution is 2.16. The zero-order valence-electron chi connectivity index (χ0n) is 12.2. The third-order valence-electron chi connectivity index (χ3n) is 3.08. The summed E-state index contributed by atoms with van der Waals surface area (Å²) in [6, 6.07) is 7.57. The molecule has 1 unspecified atom stereocenters. The number of carbonyl (C=O) groups excluding carboxylic acids is 1. The van der Waals surface area contributed by atoms with E-state index < -0.39 is 0 Å². The molecule has 0 aliphatic rings. The SMILES string of the molecule is CCCc1nc(C(=O)NC(C)Cc2ccccc2Cl)n[nH]1. The van der Waals surface area contributed by atoms with Gasteiger partial charge in [-0.25, -0.2) is 4.98 Å². The van der Waals surface area contributed by atoms with Crippen LogP contribution in [-0.4, -0.2) is 27.1 Å². The quantitative estimate of drug-likeness (QED) is 0.862. The van der Waals surface area contributed by atoms with E-state index in [0.29, 0.717) is 11.4 Å². The number of hydrogen-bond donors (Lipinski definition) is 2. The van der Waals surface area contributed by atoms with Crippen LogP contribution in [0.5, 0.6) is 0 Å². The molecule has 1 aromatic heterocycles. The number of aromatic nitrogens is 3. The van der Waals surface area contributed by atoms with E-state index in [1.165, 1.54) is 0 Å². The van der Waals surface area contributed by atoms with Crippen LogP contribution in [0.25, 0.3) is 0 Å². The zero-order valence-corrected chi connectivity index (χ0v) is 12.9. The fourth-order valence-electron chi connectivity index (χ4n) is 2.08. The highest BCUT2D eigenvalue weighted by molar-refractivity contribution is 6.31. The van der Waals surface area contributed by atoms with Crippen LogP contribution >= 0.6 is 11.6 Å². The van der Waals surface area contributed by atoms with E-state index in [9.17, 15) is 4.79 Å². The van der Waals surface area contributed by atoms with Crippen LogP contribution in [0.3, 0.4) is 0 Å². The van der Waals surface area contributed by atoms with Gasteiger partial charge in [0, 0.05) is 17.5 Å². The number of H-pyrrole nitrogens is 1. The Kier molecular flexibility index (Phi) is 5.33. The minimum atomic E-state index is -0.270. The molecule has 0 saturated heterocycles. The highest BCUT2D eigenvalue weighted by Gasteiger charge is 2.15. The topological polar surface area (TPSA) is 70.7 Å². The van der Waals surface area contributed by atoms with Crippen LogP contribution in [0.1, 0.15) is 42.3 Å². The van der Waals surface area contributed by atoms with Gasteiger partial charge in [0.15, 0.2) is 0 Å². The van der Waals surface area contributed by atoms with Crippen molar-refractivity contribution in [1.29, 1.82) is 0 Å². The van der Waals surface area contributed by atoms with Crippen LogP contribution < -0.4 is 5.32 Å². The van der Waals surface area contributed by atoms with Gasteiger partial charge < -0.3 is 5.32 Å². The molecule has 2 rings (SSSR count). The predicted octanol–water partition coefficient (Wildman–Crippen LogP) is 2.77. The molecule has 21 heavy (non-hydrogen) atoms. The summed E-state index contributed by atoms with van der Waals surface area (Å²) in [5.41, 5.74) is 1.01. The van der Waals surface area contributed by atoms with Crippen molar-refractivity contribution in [2.45, 2.75) is 39.2 Å². The summed E-state index contributed by atoms with van der Waals surface area (Å²) in [6.45, 7) is 3.98. The first-order chi connectivity index (χ1) is 10.1. The Bertz CT molecular complexity index is 611. The van der Waals surface area contributed by atoms with Gasteiger partial charge in [0.1, 0.15) is 5.82 Å². The van der Waals surface area contributed by atoms with Crippen LogP contribution in [-0.2, 0) is 12.8 Å². The number of halogens is 1. The third-order valence-corrected chi connectivity index (χ3v) is 3.45. The van der Waals surface area contributed by atoms with Crippen molar-refractivity contribution in [2.75, 3.05) is 0 Å². The number of rotatable bonds is 6. The largest absolute Gasteiger partial charge is 0.346 e. The first kappa shape index (κ1) is 15.5. The Morgan fingerprint density at radius 2 is 2.19 bits per heavy atom. The predicted molar refractivity (Wildman–Crippen MR) is 82.5 cm³/mol. The van der Waals surface area contributed by atoms with Gasteiger partial charge in [-0.05, 0) is 31.4 Å². The molecule has 1 amide bonds. The van der Waals surface area contributed by atoms with E-state index in [0.717, 1.165) is 24.2 Å². The van der Waals surface area contributed by atoms with E-state index in [1.54, 1.807) is 0 Å². The molecule has 0 spiro atoms. The van der Waals surface area contributed by atoms with Crippen molar-refractivity contribution in [3.05, 3.63) is 46.5 Å². The maximum atomic E-state index is 12.1. The summed E-state index contributed by atoms with van der Waals surface area (Å²) in [5.74, 6) is 0.652. The van der Waals surface area contributed by atoms with Crippen molar-refractivity contribution in [3.63, 3.8) is 0 Å². The molecule has 0 saturated carbocycles. The van der Waals surface area contributed by atoms with Gasteiger partial charge >= 0.3 is 0 Å². The lowest BCUT2D eigenvalue weighted by Crippen LogP contribution is -2.34. The monoisotopic (exact) mass is 306 g/mol. The van der Waals surface area contributed by atoms with Gasteiger partial charge in [0.05, 0.1) is 0 Å². The standard InChI is InChI=1S/C15H19ClN4O/c1-3-6-13-18-14(20-19-13)15(21)17-10(2)9-11-7-4-5-8-12(11)16/h4-5,7-8,10H,3,6,9H2,1-2H3,(H,17,21)(H,18,19,20). The molecule has 1 aromatic carbocycles. The van der Waals surface area contributed by atoms with E-state index in [-0.39, 0.29) is 17.8 Å². The van der Waals surface area contributed by atoms with Gasteiger partial charge in [-0.3, -0.25) is 9.89 Å². The molecule has 0 bridgehead atoms. The molecular formula is C15H19ClN4O. The summed E-state index contributed by atoms with van der Waals surface area (Å²) in [5, 5.41) is 10.3. The van der Waals surface area contributed by atoms with Crippen molar-refractivity contribution in [3.8, 4) is 0 Å². The summed E-state index contributed by atoms with van der Waals surface area (Å²) < 4.78 is 0. The smallest absolute Gasteiger partial charge is 0.291 e. The molecule has 0 fully saturated rings. The van der Waals surface area contributed by atoms with Crippen molar-refractivity contribution < 1.29 is 4.79 Å². The number of amides is 1. The fourth-order valence-corrected chi connectivity index (χ4v) is 2.29. The molecule has 0 aliphatic heterocycles. The Morgan fingerprint density at radius 3 is 2.90 bits per heavy atom. The Morgan fingerprint density at radius 1 is 1.43 bits per heavy atom. The number of nitrogens with zero attached hydrogens (tertiary/aromatic N) is 2. The molecular weight excluding hydrogens is 288 g/mol. The van der Waals surface area contributed by atoms with Crippen molar-refractivity contribution >= 4 is 17.5 Å². The number of benzene rings is 1. The Hall–Kier alpha value is -1.88. The second kappa shape index (κ2) is 7.22. The fraction of sp³-hybridized carbons (Fsp3) is 0.400. The van der Waals surface area contributed by atoms with Gasteiger partial charge in [-0.1, -0.05) is 36.7 Å². The lowest BCUT2D eigenvalue weighted by Gasteiger charge is -2.13. The highest BCUT2D eigenvalue weighted by atomic mass is 35.5. The molecule has 2 aromatic rings. The zero-order chi connectivity index (χ0) is 15.2. The molecule has 1 atom stereocenters. The number of carbonyl (C=O) groups is 1. The van der Waals surface area contributed by atoms with Crippen molar-refractivity contribution in [1.82, 2.24) is 20.5 Å². The molecule has 112 valence electrons. The molecule has 0 aliphatic carbocycles. The molecule has 0 radical (unpaired) electrons. The number of aromatic amines is 1. The van der Waals surface area contributed by atoms with E-state index in [2.05, 4.69) is 20.5 Å². The molecule has 2 N–H and O–H groups in total.